The number of thiocarbonyl (C=S) groups is 1. The Hall–Kier alpha value is -1.17. The monoisotopic (exact) mass is 318 g/mol. The Morgan fingerprint density at radius 3 is 2.36 bits per heavy atom. The van der Waals surface area contributed by atoms with E-state index in [2.05, 4.69) is 41.0 Å². The Bertz CT molecular complexity index is 545. The highest BCUT2D eigenvalue weighted by Crippen LogP contribution is 2.34. The SMILES string of the molecule is CNC(=S)NC1C2C[NH+]3CC[NH+](C2)CC1(c1ccccc1)C3. The molecule has 4 N–H and O–H groups in total. The fourth-order valence-electron chi connectivity index (χ4n) is 5.18. The van der Waals surface area contributed by atoms with Crippen molar-refractivity contribution in [3.8, 4) is 0 Å². The van der Waals surface area contributed by atoms with Gasteiger partial charge in [-0.05, 0) is 17.8 Å². The van der Waals surface area contributed by atoms with E-state index in [1.54, 1.807) is 9.80 Å². The molecule has 0 aromatic heterocycles. The second-order valence-corrected chi connectivity index (χ2v) is 7.65. The Morgan fingerprint density at radius 2 is 1.77 bits per heavy atom. The Kier molecular flexibility index (Phi) is 3.59. The van der Waals surface area contributed by atoms with Gasteiger partial charge in [-0.15, -0.1) is 0 Å². The van der Waals surface area contributed by atoms with Crippen LogP contribution in [0.3, 0.4) is 0 Å². The largest absolute Gasteiger partial charge is 0.366 e. The summed E-state index contributed by atoms with van der Waals surface area (Å²) in [5.74, 6) is 0.710. The normalized spacial score (nSPS) is 39.3. The molecule has 0 spiro atoms. The van der Waals surface area contributed by atoms with E-state index in [1.807, 2.05) is 7.05 Å². The number of nitrogens with one attached hydrogen (secondary N) is 4. The van der Waals surface area contributed by atoms with Crippen LogP contribution in [0.25, 0.3) is 0 Å². The molecule has 1 aromatic carbocycles. The molecule has 4 aliphatic rings. The molecule has 4 heterocycles. The van der Waals surface area contributed by atoms with E-state index in [4.69, 9.17) is 12.2 Å². The van der Waals surface area contributed by atoms with E-state index in [-0.39, 0.29) is 5.41 Å². The highest BCUT2D eigenvalue weighted by atomic mass is 32.1. The quantitative estimate of drug-likeness (QED) is 0.468. The molecule has 4 aliphatic heterocycles. The maximum Gasteiger partial charge on any atom is 0.166 e. The number of quaternary nitrogens is 2. The summed E-state index contributed by atoms with van der Waals surface area (Å²) < 4.78 is 0. The summed E-state index contributed by atoms with van der Waals surface area (Å²) in [5.41, 5.74) is 1.71. The van der Waals surface area contributed by atoms with E-state index in [0.717, 1.165) is 5.11 Å². The highest BCUT2D eigenvalue weighted by Gasteiger charge is 2.60. The molecule has 0 radical (unpaired) electrons. The van der Waals surface area contributed by atoms with Gasteiger partial charge in [-0.25, -0.2) is 0 Å². The molecule has 3 unspecified atom stereocenters. The first-order valence-corrected chi connectivity index (χ1v) is 8.83. The van der Waals surface area contributed by atoms with Gasteiger partial charge in [-0.3, -0.25) is 0 Å². The average molecular weight is 318 g/mol. The molecule has 4 bridgehead atoms. The van der Waals surface area contributed by atoms with Gasteiger partial charge in [0.05, 0.1) is 38.1 Å². The number of benzene rings is 1. The molecule has 4 fully saturated rings. The molecular formula is C17H26N4S+2. The van der Waals surface area contributed by atoms with Crippen LogP contribution >= 0.6 is 12.2 Å². The minimum atomic E-state index is 0.213. The van der Waals surface area contributed by atoms with Crippen molar-refractivity contribution in [3.05, 3.63) is 35.9 Å². The second-order valence-electron chi connectivity index (χ2n) is 7.25. The maximum absolute atomic E-state index is 5.45. The van der Waals surface area contributed by atoms with Crippen LogP contribution in [0.4, 0.5) is 0 Å². The lowest BCUT2D eigenvalue weighted by atomic mass is 9.64. The summed E-state index contributed by atoms with van der Waals surface area (Å²) in [5, 5.41) is 7.58. The van der Waals surface area contributed by atoms with Crippen molar-refractivity contribution in [2.75, 3.05) is 46.3 Å². The molecule has 4 nitrogen and oxygen atoms in total. The van der Waals surface area contributed by atoms with Gasteiger partial charge in [0.15, 0.2) is 5.11 Å². The molecule has 0 saturated carbocycles. The first kappa shape index (κ1) is 14.4. The molecule has 22 heavy (non-hydrogen) atoms. The van der Waals surface area contributed by atoms with Crippen LogP contribution in [-0.4, -0.2) is 57.5 Å². The number of rotatable bonds is 2. The zero-order valence-electron chi connectivity index (χ0n) is 13.2. The third-order valence-electron chi connectivity index (χ3n) is 5.99. The molecule has 5 heteroatoms. The minimum absolute atomic E-state index is 0.213. The summed E-state index contributed by atoms with van der Waals surface area (Å²) in [7, 11) is 1.91. The van der Waals surface area contributed by atoms with Gasteiger partial charge in [0.25, 0.3) is 0 Å². The van der Waals surface area contributed by atoms with Crippen LogP contribution in [0, 0.1) is 5.92 Å². The lowest BCUT2D eigenvalue weighted by Gasteiger charge is -2.51. The van der Waals surface area contributed by atoms with Crippen molar-refractivity contribution in [1.29, 1.82) is 0 Å². The molecular weight excluding hydrogens is 292 g/mol. The van der Waals surface area contributed by atoms with Gasteiger partial charge in [0, 0.05) is 7.05 Å². The third kappa shape index (κ3) is 2.23. The van der Waals surface area contributed by atoms with Crippen LogP contribution in [-0.2, 0) is 5.41 Å². The predicted octanol–water partition coefficient (Wildman–Crippen LogP) is -2.19. The maximum atomic E-state index is 5.45. The smallest absolute Gasteiger partial charge is 0.166 e. The van der Waals surface area contributed by atoms with Gasteiger partial charge < -0.3 is 20.4 Å². The van der Waals surface area contributed by atoms with Gasteiger partial charge >= 0.3 is 0 Å². The van der Waals surface area contributed by atoms with Crippen molar-refractivity contribution in [3.63, 3.8) is 0 Å². The van der Waals surface area contributed by atoms with Crippen molar-refractivity contribution < 1.29 is 9.80 Å². The fraction of sp³-hybridized carbons (Fsp3) is 0.588. The summed E-state index contributed by atoms with van der Waals surface area (Å²) in [6.45, 7) is 7.71. The van der Waals surface area contributed by atoms with E-state index >= 15 is 0 Å². The lowest BCUT2D eigenvalue weighted by molar-refractivity contribution is -0.918. The van der Waals surface area contributed by atoms with Crippen molar-refractivity contribution in [1.82, 2.24) is 10.6 Å². The molecule has 118 valence electrons. The molecule has 3 atom stereocenters. The first-order valence-electron chi connectivity index (χ1n) is 8.42. The molecule has 0 amide bonds. The van der Waals surface area contributed by atoms with Crippen LogP contribution in [0.15, 0.2) is 30.3 Å². The lowest BCUT2D eigenvalue weighted by Crippen LogP contribution is -3.18. The summed E-state index contributed by atoms with van der Waals surface area (Å²) in [4.78, 5) is 3.57. The number of fused-ring (bicyclic) bond motifs is 1. The van der Waals surface area contributed by atoms with Crippen LogP contribution < -0.4 is 20.4 Å². The second kappa shape index (κ2) is 5.48. The summed E-state index contributed by atoms with van der Waals surface area (Å²) in [6.07, 6.45) is 0. The third-order valence-corrected chi connectivity index (χ3v) is 6.32. The number of hydrogen-bond donors (Lipinski definition) is 4. The van der Waals surface area contributed by atoms with E-state index < -0.39 is 0 Å². The predicted molar refractivity (Wildman–Crippen MR) is 91.3 cm³/mol. The Labute approximate surface area is 137 Å². The van der Waals surface area contributed by atoms with Crippen LogP contribution in [0.1, 0.15) is 5.56 Å². The van der Waals surface area contributed by atoms with E-state index in [0.29, 0.717) is 12.0 Å². The van der Waals surface area contributed by atoms with Crippen molar-refractivity contribution in [2.24, 2.45) is 5.92 Å². The fourth-order valence-corrected chi connectivity index (χ4v) is 5.30. The van der Waals surface area contributed by atoms with Crippen molar-refractivity contribution in [2.45, 2.75) is 11.5 Å². The highest BCUT2D eigenvalue weighted by molar-refractivity contribution is 7.80. The number of hydrogen-bond acceptors (Lipinski definition) is 1. The van der Waals surface area contributed by atoms with Crippen molar-refractivity contribution >= 4 is 17.3 Å². The van der Waals surface area contributed by atoms with Gasteiger partial charge in [-0.1, -0.05) is 30.3 Å². The standard InChI is InChI=1S/C17H24N4S/c1-18-16(22)19-15-13-9-20-7-8-21(10-13)12-17(15,11-20)14-5-3-2-4-6-14/h2-6,13,15H,7-12H2,1H3,(H2,18,19,22)/p+2. The average Bonchev–Trinajstić information content (AvgIpc) is 2.79. The summed E-state index contributed by atoms with van der Waals surface area (Å²) in [6, 6.07) is 11.6. The molecule has 0 aliphatic carbocycles. The van der Waals surface area contributed by atoms with Gasteiger partial charge in [0.1, 0.15) is 18.5 Å². The van der Waals surface area contributed by atoms with Gasteiger partial charge in [0.2, 0.25) is 0 Å². The molecule has 5 rings (SSSR count). The van der Waals surface area contributed by atoms with E-state index in [9.17, 15) is 0 Å². The molecule has 1 aromatic rings. The number of piperidine rings is 2. The Morgan fingerprint density at radius 1 is 1.14 bits per heavy atom. The van der Waals surface area contributed by atoms with Crippen LogP contribution in [0.2, 0.25) is 0 Å². The van der Waals surface area contributed by atoms with Gasteiger partial charge in [-0.2, -0.15) is 0 Å². The topological polar surface area (TPSA) is 32.9 Å². The molecule has 4 saturated heterocycles. The zero-order valence-corrected chi connectivity index (χ0v) is 14.0. The zero-order chi connectivity index (χ0) is 15.2. The first-order chi connectivity index (χ1) is 10.7. The summed E-state index contributed by atoms with van der Waals surface area (Å²) >= 11 is 5.45. The van der Waals surface area contributed by atoms with Crippen LogP contribution in [0.5, 0.6) is 0 Å². The Balaban J connectivity index is 1.77. The van der Waals surface area contributed by atoms with E-state index in [1.165, 1.54) is 44.8 Å². The minimum Gasteiger partial charge on any atom is -0.366 e.